The van der Waals surface area contributed by atoms with Gasteiger partial charge in [0, 0.05) is 6.20 Å². The lowest BCUT2D eigenvalue weighted by Gasteiger charge is -2.14. The Bertz CT molecular complexity index is 643. The number of ether oxygens (including phenoxy) is 1. The summed E-state index contributed by atoms with van der Waals surface area (Å²) >= 11 is 0. The Balaban J connectivity index is 2.43. The molecule has 108 valence electrons. The molecule has 4 atom stereocenters. The predicted molar refractivity (Wildman–Crippen MR) is 66.9 cm³/mol. The van der Waals surface area contributed by atoms with Crippen LogP contribution in [0.15, 0.2) is 15.8 Å². The molecule has 1 fully saturated rings. The van der Waals surface area contributed by atoms with Crippen LogP contribution < -0.4 is 11.2 Å². The third kappa shape index (κ3) is 2.39. The number of H-pyrrole nitrogens is 1. The monoisotopic (exact) mass is 282 g/mol. The van der Waals surface area contributed by atoms with Gasteiger partial charge in [0.25, 0.3) is 5.56 Å². The third-order valence-electron chi connectivity index (χ3n) is 3.15. The van der Waals surface area contributed by atoms with Crippen LogP contribution in [-0.2, 0) is 11.3 Å². The first-order valence-corrected chi connectivity index (χ1v) is 5.89. The molecule has 0 aromatic carbocycles. The zero-order valence-corrected chi connectivity index (χ0v) is 10.4. The number of terminal acetylenes is 1. The second-order valence-electron chi connectivity index (χ2n) is 4.43. The molecule has 0 spiro atoms. The zero-order valence-electron chi connectivity index (χ0n) is 10.4. The summed E-state index contributed by atoms with van der Waals surface area (Å²) in [5.74, 6) is 2.25. The molecule has 1 saturated heterocycles. The molecule has 1 aromatic rings. The molecule has 4 N–H and O–H groups in total. The van der Waals surface area contributed by atoms with Crippen molar-refractivity contribution in [1.82, 2.24) is 9.55 Å². The molecule has 0 amide bonds. The molecule has 8 nitrogen and oxygen atoms in total. The van der Waals surface area contributed by atoms with Crippen molar-refractivity contribution in [2.45, 2.75) is 31.0 Å². The first-order valence-electron chi connectivity index (χ1n) is 5.89. The van der Waals surface area contributed by atoms with Crippen molar-refractivity contribution in [2.75, 3.05) is 6.61 Å². The summed E-state index contributed by atoms with van der Waals surface area (Å²) in [5.41, 5.74) is -1.45. The van der Waals surface area contributed by atoms with Crippen molar-refractivity contribution in [2.24, 2.45) is 0 Å². The predicted octanol–water partition coefficient (Wildman–Crippen LogP) is -2.68. The number of hydrogen-bond donors (Lipinski definition) is 4. The fourth-order valence-electron chi connectivity index (χ4n) is 2.10. The highest BCUT2D eigenvalue weighted by Gasteiger charge is 2.44. The lowest BCUT2D eigenvalue weighted by molar-refractivity contribution is -0.0233. The van der Waals surface area contributed by atoms with E-state index >= 15 is 0 Å². The van der Waals surface area contributed by atoms with Crippen molar-refractivity contribution in [3.8, 4) is 12.3 Å². The van der Waals surface area contributed by atoms with Gasteiger partial charge in [-0.05, 0) is 0 Å². The number of rotatable bonds is 3. The van der Waals surface area contributed by atoms with E-state index in [4.69, 9.17) is 16.3 Å². The van der Waals surface area contributed by atoms with E-state index in [1.54, 1.807) is 0 Å². The standard InChI is InChI=1S/C12H14N2O6/c1-2-3-14-4-6(11(18)13-12(14)19)10-9(17)8(16)7(5-15)20-10/h1,4,7-10,15-17H,3,5H2,(H,13,18,19)/t7-,8-,9-,10+/m1/s1. The van der Waals surface area contributed by atoms with E-state index in [1.165, 1.54) is 6.20 Å². The largest absolute Gasteiger partial charge is 0.394 e. The summed E-state index contributed by atoms with van der Waals surface area (Å²) in [6.45, 7) is -0.561. The van der Waals surface area contributed by atoms with Crippen molar-refractivity contribution >= 4 is 0 Å². The van der Waals surface area contributed by atoms with E-state index in [0.29, 0.717) is 0 Å². The summed E-state index contributed by atoms with van der Waals surface area (Å²) in [7, 11) is 0. The molecular weight excluding hydrogens is 268 g/mol. The maximum atomic E-state index is 11.8. The Labute approximate surface area is 113 Å². The molecule has 1 aliphatic heterocycles. The molecule has 0 aliphatic carbocycles. The first-order chi connectivity index (χ1) is 9.49. The number of aromatic amines is 1. The Kier molecular flexibility index (Phi) is 4.06. The van der Waals surface area contributed by atoms with E-state index < -0.39 is 42.3 Å². The van der Waals surface area contributed by atoms with E-state index in [-0.39, 0.29) is 12.1 Å². The highest BCUT2D eigenvalue weighted by molar-refractivity contribution is 5.14. The second-order valence-corrected chi connectivity index (χ2v) is 4.43. The summed E-state index contributed by atoms with van der Waals surface area (Å²) in [6, 6.07) is 0. The van der Waals surface area contributed by atoms with Gasteiger partial charge >= 0.3 is 5.69 Å². The maximum Gasteiger partial charge on any atom is 0.329 e. The van der Waals surface area contributed by atoms with Gasteiger partial charge in [0.05, 0.1) is 18.7 Å². The minimum Gasteiger partial charge on any atom is -0.394 e. The molecule has 8 heteroatoms. The molecule has 0 saturated carbocycles. The fourth-order valence-corrected chi connectivity index (χ4v) is 2.10. The van der Waals surface area contributed by atoms with Gasteiger partial charge in [-0.2, -0.15) is 0 Å². The Hall–Kier alpha value is -1.92. The number of aromatic nitrogens is 2. The van der Waals surface area contributed by atoms with Gasteiger partial charge in [0.15, 0.2) is 0 Å². The average Bonchev–Trinajstić information content (AvgIpc) is 2.70. The minimum atomic E-state index is -1.38. The zero-order chi connectivity index (χ0) is 14.9. The van der Waals surface area contributed by atoms with Crippen molar-refractivity contribution < 1.29 is 20.1 Å². The van der Waals surface area contributed by atoms with Crippen LogP contribution in [0, 0.1) is 12.3 Å². The van der Waals surface area contributed by atoms with Gasteiger partial charge in [0.1, 0.15) is 24.4 Å². The molecule has 0 radical (unpaired) electrons. The maximum absolute atomic E-state index is 11.8. The smallest absolute Gasteiger partial charge is 0.329 e. The van der Waals surface area contributed by atoms with E-state index in [0.717, 1.165) is 4.57 Å². The van der Waals surface area contributed by atoms with Crippen LogP contribution in [0.1, 0.15) is 11.7 Å². The molecular formula is C12H14N2O6. The fraction of sp³-hybridized carbons (Fsp3) is 0.500. The van der Waals surface area contributed by atoms with Crippen LogP contribution in [0.4, 0.5) is 0 Å². The van der Waals surface area contributed by atoms with Crippen LogP contribution in [-0.4, -0.2) is 49.8 Å². The van der Waals surface area contributed by atoms with Crippen molar-refractivity contribution in [3.63, 3.8) is 0 Å². The van der Waals surface area contributed by atoms with Gasteiger partial charge in [-0.3, -0.25) is 14.3 Å². The highest BCUT2D eigenvalue weighted by Crippen LogP contribution is 2.31. The Morgan fingerprint density at radius 3 is 2.65 bits per heavy atom. The van der Waals surface area contributed by atoms with Crippen LogP contribution in [0.3, 0.4) is 0 Å². The van der Waals surface area contributed by atoms with Crippen LogP contribution in [0.25, 0.3) is 0 Å². The normalized spacial score (nSPS) is 29.3. The lowest BCUT2D eigenvalue weighted by atomic mass is 10.0. The average molecular weight is 282 g/mol. The summed E-state index contributed by atoms with van der Waals surface area (Å²) in [5, 5.41) is 28.5. The summed E-state index contributed by atoms with van der Waals surface area (Å²) in [4.78, 5) is 25.3. The van der Waals surface area contributed by atoms with Gasteiger partial charge in [-0.15, -0.1) is 6.42 Å². The second kappa shape index (κ2) is 5.60. The van der Waals surface area contributed by atoms with Crippen molar-refractivity contribution in [1.29, 1.82) is 0 Å². The summed E-state index contributed by atoms with van der Waals surface area (Å²) in [6.07, 6.45) is 1.44. The number of aliphatic hydroxyl groups is 3. The quantitative estimate of drug-likeness (QED) is 0.448. The first kappa shape index (κ1) is 14.5. The molecule has 20 heavy (non-hydrogen) atoms. The Morgan fingerprint density at radius 2 is 2.10 bits per heavy atom. The number of nitrogens with one attached hydrogen (secondary N) is 1. The van der Waals surface area contributed by atoms with Gasteiger partial charge in [-0.1, -0.05) is 5.92 Å². The van der Waals surface area contributed by atoms with Crippen molar-refractivity contribution in [3.05, 3.63) is 32.6 Å². The number of hydrogen-bond acceptors (Lipinski definition) is 6. The highest BCUT2D eigenvalue weighted by atomic mass is 16.6. The van der Waals surface area contributed by atoms with Gasteiger partial charge in [-0.25, -0.2) is 4.79 Å². The molecule has 1 aliphatic rings. The van der Waals surface area contributed by atoms with Gasteiger partial charge in [0.2, 0.25) is 0 Å². The topological polar surface area (TPSA) is 125 Å². The van der Waals surface area contributed by atoms with Crippen LogP contribution in [0.5, 0.6) is 0 Å². The number of nitrogens with zero attached hydrogens (tertiary/aromatic N) is 1. The molecule has 2 heterocycles. The van der Waals surface area contributed by atoms with Gasteiger partial charge < -0.3 is 20.1 Å². The van der Waals surface area contributed by atoms with E-state index in [2.05, 4.69) is 10.9 Å². The molecule has 1 aromatic heterocycles. The SMILES string of the molecule is C#CCn1cc([C@@H]2O[C@H](CO)[C@@H](O)[C@H]2O)c(=O)[nH]c1=O. The molecule has 0 bridgehead atoms. The van der Waals surface area contributed by atoms with Crippen LogP contribution >= 0.6 is 0 Å². The molecule has 0 unspecified atom stereocenters. The lowest BCUT2D eigenvalue weighted by Crippen LogP contribution is -2.36. The number of aliphatic hydroxyl groups excluding tert-OH is 3. The van der Waals surface area contributed by atoms with Crippen LogP contribution in [0.2, 0.25) is 0 Å². The third-order valence-corrected chi connectivity index (χ3v) is 3.15. The van der Waals surface area contributed by atoms with E-state index in [1.807, 2.05) is 0 Å². The molecule has 2 rings (SSSR count). The minimum absolute atomic E-state index is 0.0395. The van der Waals surface area contributed by atoms with E-state index in [9.17, 15) is 19.8 Å². The summed E-state index contributed by atoms with van der Waals surface area (Å²) < 4.78 is 6.31. The Morgan fingerprint density at radius 1 is 1.40 bits per heavy atom.